The van der Waals surface area contributed by atoms with Crippen molar-refractivity contribution in [1.29, 1.82) is 0 Å². The quantitative estimate of drug-likeness (QED) is 0.891. The molecule has 0 spiro atoms. The Morgan fingerprint density at radius 2 is 1.80 bits per heavy atom. The third kappa shape index (κ3) is 3.58. The molecule has 0 heterocycles. The van der Waals surface area contributed by atoms with Crippen LogP contribution in [0.15, 0.2) is 46.9 Å². The first-order valence-corrected chi connectivity index (χ1v) is 7.16. The van der Waals surface area contributed by atoms with Gasteiger partial charge in [0.2, 0.25) is 0 Å². The van der Waals surface area contributed by atoms with Gasteiger partial charge in [-0.3, -0.25) is 0 Å². The summed E-state index contributed by atoms with van der Waals surface area (Å²) in [4.78, 5) is 0. The lowest BCUT2D eigenvalue weighted by molar-refractivity contribution is 0.216. The summed E-state index contributed by atoms with van der Waals surface area (Å²) in [6.07, 6.45) is -0.745. The molecule has 0 saturated heterocycles. The minimum Gasteiger partial charge on any atom is -0.491 e. The highest BCUT2D eigenvalue weighted by Crippen LogP contribution is 2.28. The Labute approximate surface area is 126 Å². The van der Waals surface area contributed by atoms with Crippen molar-refractivity contribution < 1.29 is 14.2 Å². The van der Waals surface area contributed by atoms with Crippen molar-refractivity contribution in [2.75, 3.05) is 0 Å². The molecule has 0 aliphatic carbocycles. The molecule has 0 amide bonds. The van der Waals surface area contributed by atoms with Crippen molar-refractivity contribution in [3.8, 4) is 5.75 Å². The summed E-state index contributed by atoms with van der Waals surface area (Å²) in [7, 11) is 0. The molecule has 0 aliphatic rings. The van der Waals surface area contributed by atoms with Gasteiger partial charge in [-0.15, -0.1) is 0 Å². The molecule has 0 radical (unpaired) electrons. The Hall–Kier alpha value is -1.39. The van der Waals surface area contributed by atoms with Crippen LogP contribution in [0, 0.1) is 5.82 Å². The van der Waals surface area contributed by atoms with Gasteiger partial charge in [-0.2, -0.15) is 0 Å². The Morgan fingerprint density at radius 1 is 1.10 bits per heavy atom. The highest BCUT2D eigenvalue weighted by Gasteiger charge is 2.13. The molecular formula is C16H16BrFO2. The molecule has 20 heavy (non-hydrogen) atoms. The normalized spacial score (nSPS) is 12.5. The lowest BCUT2D eigenvalue weighted by Crippen LogP contribution is -2.06. The third-order valence-electron chi connectivity index (χ3n) is 2.81. The van der Waals surface area contributed by atoms with Crippen molar-refractivity contribution in [1.82, 2.24) is 0 Å². The van der Waals surface area contributed by atoms with E-state index in [0.29, 0.717) is 21.3 Å². The molecule has 106 valence electrons. The third-order valence-corrected chi connectivity index (χ3v) is 3.41. The van der Waals surface area contributed by atoms with E-state index in [2.05, 4.69) is 15.9 Å². The van der Waals surface area contributed by atoms with Gasteiger partial charge in [0.1, 0.15) is 17.7 Å². The van der Waals surface area contributed by atoms with Gasteiger partial charge in [0, 0.05) is 0 Å². The van der Waals surface area contributed by atoms with Crippen LogP contribution in [-0.4, -0.2) is 11.2 Å². The number of aliphatic hydroxyl groups is 1. The maximum absolute atomic E-state index is 13.2. The SMILES string of the molecule is CC(C)Oc1cccc(C(O)c2ccc(F)c(Br)c2)c1. The Morgan fingerprint density at radius 3 is 2.45 bits per heavy atom. The molecule has 0 aromatic heterocycles. The Bertz CT molecular complexity index is 599. The largest absolute Gasteiger partial charge is 0.491 e. The smallest absolute Gasteiger partial charge is 0.137 e. The van der Waals surface area contributed by atoms with E-state index in [1.807, 2.05) is 32.0 Å². The predicted molar refractivity (Wildman–Crippen MR) is 80.4 cm³/mol. The molecular weight excluding hydrogens is 323 g/mol. The second-order valence-electron chi connectivity index (χ2n) is 4.82. The number of benzene rings is 2. The maximum Gasteiger partial charge on any atom is 0.137 e. The molecule has 2 rings (SSSR count). The molecule has 2 aromatic carbocycles. The van der Waals surface area contributed by atoms with Crippen LogP contribution >= 0.6 is 15.9 Å². The van der Waals surface area contributed by atoms with Crippen LogP contribution in [0.2, 0.25) is 0 Å². The van der Waals surface area contributed by atoms with Gasteiger partial charge >= 0.3 is 0 Å². The predicted octanol–water partition coefficient (Wildman–Crippen LogP) is 4.46. The van der Waals surface area contributed by atoms with Crippen LogP contribution in [0.3, 0.4) is 0 Å². The van der Waals surface area contributed by atoms with E-state index in [-0.39, 0.29) is 11.9 Å². The number of halogens is 2. The number of ether oxygens (including phenoxy) is 1. The molecule has 0 fully saturated rings. The number of hydrogen-bond acceptors (Lipinski definition) is 2. The van der Waals surface area contributed by atoms with Crippen LogP contribution in [0.1, 0.15) is 31.1 Å². The molecule has 1 N–H and O–H groups in total. The zero-order valence-electron chi connectivity index (χ0n) is 11.3. The average molecular weight is 339 g/mol. The van der Waals surface area contributed by atoms with E-state index < -0.39 is 6.10 Å². The molecule has 1 unspecified atom stereocenters. The topological polar surface area (TPSA) is 29.5 Å². The standard InChI is InChI=1S/C16H16BrFO2/c1-10(2)20-13-5-3-4-11(8-13)16(19)12-6-7-15(18)14(17)9-12/h3-10,16,19H,1-2H3. The van der Waals surface area contributed by atoms with Gasteiger partial charge < -0.3 is 9.84 Å². The molecule has 0 saturated carbocycles. The van der Waals surface area contributed by atoms with E-state index in [1.165, 1.54) is 6.07 Å². The summed E-state index contributed by atoms with van der Waals surface area (Å²) >= 11 is 3.12. The van der Waals surface area contributed by atoms with E-state index in [9.17, 15) is 9.50 Å². The van der Waals surface area contributed by atoms with Gasteiger partial charge in [-0.05, 0) is 65.2 Å². The maximum atomic E-state index is 13.2. The van der Waals surface area contributed by atoms with E-state index >= 15 is 0 Å². The van der Waals surface area contributed by atoms with Crippen LogP contribution < -0.4 is 4.74 Å². The Balaban J connectivity index is 2.28. The van der Waals surface area contributed by atoms with E-state index in [1.54, 1.807) is 18.2 Å². The van der Waals surface area contributed by atoms with Crippen molar-refractivity contribution in [3.63, 3.8) is 0 Å². The summed E-state index contributed by atoms with van der Waals surface area (Å²) in [5, 5.41) is 10.4. The molecule has 0 bridgehead atoms. The van der Waals surface area contributed by atoms with E-state index in [4.69, 9.17) is 4.74 Å². The molecule has 0 aliphatic heterocycles. The molecule has 1 atom stereocenters. The molecule has 4 heteroatoms. The molecule has 2 nitrogen and oxygen atoms in total. The average Bonchev–Trinajstić information content (AvgIpc) is 2.40. The first-order chi connectivity index (χ1) is 9.47. The minimum absolute atomic E-state index is 0.0716. The fraction of sp³-hybridized carbons (Fsp3) is 0.250. The summed E-state index contributed by atoms with van der Waals surface area (Å²) in [6.45, 7) is 3.89. The van der Waals surface area contributed by atoms with Crippen molar-refractivity contribution in [2.45, 2.75) is 26.1 Å². The van der Waals surface area contributed by atoms with Gasteiger partial charge in [0.05, 0.1) is 10.6 Å². The minimum atomic E-state index is -0.817. The van der Waals surface area contributed by atoms with Crippen molar-refractivity contribution in [3.05, 3.63) is 63.9 Å². The van der Waals surface area contributed by atoms with Crippen molar-refractivity contribution in [2.24, 2.45) is 0 Å². The zero-order valence-corrected chi connectivity index (χ0v) is 12.9. The highest BCUT2D eigenvalue weighted by atomic mass is 79.9. The number of aliphatic hydroxyl groups excluding tert-OH is 1. The van der Waals surface area contributed by atoms with Gasteiger partial charge in [0.25, 0.3) is 0 Å². The number of hydrogen-bond donors (Lipinski definition) is 1. The monoisotopic (exact) mass is 338 g/mol. The number of rotatable bonds is 4. The van der Waals surface area contributed by atoms with Crippen LogP contribution in [0.5, 0.6) is 5.75 Å². The fourth-order valence-electron chi connectivity index (χ4n) is 1.91. The Kier molecular flexibility index (Phi) is 4.78. The van der Waals surface area contributed by atoms with Crippen LogP contribution in [0.25, 0.3) is 0 Å². The summed E-state index contributed by atoms with van der Waals surface area (Å²) in [5.41, 5.74) is 1.33. The lowest BCUT2D eigenvalue weighted by atomic mass is 10.0. The first-order valence-electron chi connectivity index (χ1n) is 6.37. The highest BCUT2D eigenvalue weighted by molar-refractivity contribution is 9.10. The second kappa shape index (κ2) is 6.37. The van der Waals surface area contributed by atoms with Gasteiger partial charge in [0.15, 0.2) is 0 Å². The van der Waals surface area contributed by atoms with E-state index in [0.717, 1.165) is 0 Å². The summed E-state index contributed by atoms with van der Waals surface area (Å²) < 4.78 is 19.2. The van der Waals surface area contributed by atoms with Gasteiger partial charge in [-0.1, -0.05) is 18.2 Å². The second-order valence-corrected chi connectivity index (χ2v) is 5.67. The van der Waals surface area contributed by atoms with Crippen LogP contribution in [0.4, 0.5) is 4.39 Å². The summed E-state index contributed by atoms with van der Waals surface area (Å²) in [5.74, 6) is 0.357. The van der Waals surface area contributed by atoms with Crippen LogP contribution in [-0.2, 0) is 0 Å². The van der Waals surface area contributed by atoms with Gasteiger partial charge in [-0.25, -0.2) is 4.39 Å². The summed E-state index contributed by atoms with van der Waals surface area (Å²) in [6, 6.07) is 11.8. The van der Waals surface area contributed by atoms with Crippen molar-refractivity contribution >= 4 is 15.9 Å². The lowest BCUT2D eigenvalue weighted by Gasteiger charge is -2.15. The molecule has 2 aromatic rings. The fourth-order valence-corrected chi connectivity index (χ4v) is 2.30. The zero-order chi connectivity index (χ0) is 14.7. The first kappa shape index (κ1) is 15.0.